The zero-order valence-electron chi connectivity index (χ0n) is 13.2. The van der Waals surface area contributed by atoms with Crippen molar-refractivity contribution in [3.63, 3.8) is 0 Å². The van der Waals surface area contributed by atoms with Gasteiger partial charge in [0.05, 0.1) is 11.1 Å². The lowest BCUT2D eigenvalue weighted by molar-refractivity contribution is -0.141. The lowest BCUT2D eigenvalue weighted by atomic mass is 9.77. The largest absolute Gasteiger partial charge is 0.486 e. The highest BCUT2D eigenvalue weighted by Crippen LogP contribution is 2.43. The van der Waals surface area contributed by atoms with Crippen LogP contribution in [0.4, 0.5) is 13.2 Å². The zero-order chi connectivity index (χ0) is 17.3. The van der Waals surface area contributed by atoms with Crippen molar-refractivity contribution >= 4 is 5.97 Å². The van der Waals surface area contributed by atoms with Gasteiger partial charge in [0.1, 0.15) is 11.4 Å². The third-order valence-corrected chi connectivity index (χ3v) is 4.60. The molecule has 0 spiro atoms. The Hall–Kier alpha value is -1.72. The molecule has 23 heavy (non-hydrogen) atoms. The summed E-state index contributed by atoms with van der Waals surface area (Å²) in [6, 6.07) is 2.74. The van der Waals surface area contributed by atoms with Crippen LogP contribution in [-0.2, 0) is 6.18 Å². The van der Waals surface area contributed by atoms with E-state index in [0.29, 0.717) is 12.8 Å². The molecule has 1 aromatic rings. The van der Waals surface area contributed by atoms with Gasteiger partial charge in [0.2, 0.25) is 0 Å². The van der Waals surface area contributed by atoms with Crippen LogP contribution in [0.2, 0.25) is 0 Å². The Morgan fingerprint density at radius 1 is 1.22 bits per heavy atom. The Morgan fingerprint density at radius 3 is 2.30 bits per heavy atom. The number of alkyl halides is 3. The Bertz CT molecular complexity index is 573. The van der Waals surface area contributed by atoms with Crippen molar-refractivity contribution in [3.8, 4) is 5.75 Å². The topological polar surface area (TPSA) is 46.5 Å². The standard InChI is InChI=1S/C17H21F3O3/c1-11(2)16(8-4-3-5-9-16)23-14-10-12(15(21)22)6-7-13(14)17(18,19)20/h6-7,10-11H,3-5,8-9H2,1-2H3,(H,21,22). The van der Waals surface area contributed by atoms with E-state index < -0.39 is 23.3 Å². The van der Waals surface area contributed by atoms with E-state index in [0.717, 1.165) is 37.5 Å². The molecule has 128 valence electrons. The summed E-state index contributed by atoms with van der Waals surface area (Å²) in [5, 5.41) is 9.05. The summed E-state index contributed by atoms with van der Waals surface area (Å²) in [4.78, 5) is 11.1. The zero-order valence-corrected chi connectivity index (χ0v) is 13.2. The summed E-state index contributed by atoms with van der Waals surface area (Å²) in [5.41, 5.74) is -1.80. The molecule has 0 aliphatic heterocycles. The quantitative estimate of drug-likeness (QED) is 0.831. The fourth-order valence-corrected chi connectivity index (χ4v) is 3.14. The summed E-state index contributed by atoms with van der Waals surface area (Å²) in [6.07, 6.45) is -0.382. The molecule has 0 amide bonds. The molecule has 0 saturated heterocycles. The van der Waals surface area contributed by atoms with Crippen molar-refractivity contribution in [2.45, 2.75) is 57.7 Å². The minimum Gasteiger partial charge on any atom is -0.486 e. The van der Waals surface area contributed by atoms with Gasteiger partial charge in [0, 0.05) is 0 Å². The first kappa shape index (κ1) is 17.6. The first-order valence-corrected chi connectivity index (χ1v) is 7.79. The number of hydrogen-bond acceptors (Lipinski definition) is 2. The molecule has 0 atom stereocenters. The van der Waals surface area contributed by atoms with Crippen molar-refractivity contribution in [3.05, 3.63) is 29.3 Å². The maximum atomic E-state index is 13.2. The monoisotopic (exact) mass is 330 g/mol. The van der Waals surface area contributed by atoms with E-state index in [1.165, 1.54) is 0 Å². The minimum atomic E-state index is -4.58. The van der Waals surface area contributed by atoms with Crippen LogP contribution in [-0.4, -0.2) is 16.7 Å². The minimum absolute atomic E-state index is 0.0392. The van der Waals surface area contributed by atoms with E-state index in [9.17, 15) is 18.0 Å². The molecule has 6 heteroatoms. The van der Waals surface area contributed by atoms with Gasteiger partial charge in [-0.05, 0) is 49.8 Å². The normalized spacial score (nSPS) is 18.0. The molecule has 1 N–H and O–H groups in total. The van der Waals surface area contributed by atoms with E-state index in [-0.39, 0.29) is 17.2 Å². The number of rotatable bonds is 4. The molecule has 0 bridgehead atoms. The molecule has 1 saturated carbocycles. The second kappa shape index (κ2) is 6.42. The number of carbonyl (C=O) groups is 1. The van der Waals surface area contributed by atoms with Gasteiger partial charge in [0.15, 0.2) is 0 Å². The third-order valence-electron chi connectivity index (χ3n) is 4.60. The molecular weight excluding hydrogens is 309 g/mol. The molecular formula is C17H21F3O3. The lowest BCUT2D eigenvalue weighted by Crippen LogP contribution is -2.43. The molecule has 0 aromatic heterocycles. The van der Waals surface area contributed by atoms with Gasteiger partial charge in [-0.2, -0.15) is 13.2 Å². The maximum absolute atomic E-state index is 13.2. The van der Waals surface area contributed by atoms with Crippen LogP contribution in [0.5, 0.6) is 5.75 Å². The average molecular weight is 330 g/mol. The molecule has 1 aromatic carbocycles. The van der Waals surface area contributed by atoms with Gasteiger partial charge in [-0.25, -0.2) is 4.79 Å². The fraction of sp³-hybridized carbons (Fsp3) is 0.588. The van der Waals surface area contributed by atoms with E-state index >= 15 is 0 Å². The van der Waals surface area contributed by atoms with Crippen molar-refractivity contribution in [2.75, 3.05) is 0 Å². The van der Waals surface area contributed by atoms with Crippen LogP contribution in [0, 0.1) is 5.92 Å². The number of carboxylic acids is 1. The molecule has 3 nitrogen and oxygen atoms in total. The van der Waals surface area contributed by atoms with Crippen LogP contribution >= 0.6 is 0 Å². The molecule has 2 rings (SSSR count). The van der Waals surface area contributed by atoms with Crippen LogP contribution < -0.4 is 4.74 Å². The highest BCUT2D eigenvalue weighted by molar-refractivity contribution is 5.88. The summed E-state index contributed by atoms with van der Waals surface area (Å²) in [6.45, 7) is 3.86. The Labute approximate surface area is 133 Å². The van der Waals surface area contributed by atoms with Crippen molar-refractivity contribution in [1.82, 2.24) is 0 Å². The number of aromatic carboxylic acids is 1. The predicted molar refractivity (Wildman–Crippen MR) is 79.7 cm³/mol. The van der Waals surface area contributed by atoms with Gasteiger partial charge >= 0.3 is 12.1 Å². The van der Waals surface area contributed by atoms with E-state index in [2.05, 4.69) is 0 Å². The van der Waals surface area contributed by atoms with Crippen molar-refractivity contribution in [1.29, 1.82) is 0 Å². The maximum Gasteiger partial charge on any atom is 0.419 e. The summed E-state index contributed by atoms with van der Waals surface area (Å²) >= 11 is 0. The lowest BCUT2D eigenvalue weighted by Gasteiger charge is -2.41. The number of halogens is 3. The predicted octanol–water partition coefficient (Wildman–Crippen LogP) is 5.14. The smallest absolute Gasteiger partial charge is 0.419 e. The van der Waals surface area contributed by atoms with Gasteiger partial charge < -0.3 is 9.84 Å². The molecule has 1 aliphatic rings. The van der Waals surface area contributed by atoms with E-state index in [4.69, 9.17) is 9.84 Å². The SMILES string of the molecule is CC(C)C1(Oc2cc(C(=O)O)ccc2C(F)(F)F)CCCCC1. The van der Waals surface area contributed by atoms with Crippen LogP contribution in [0.15, 0.2) is 18.2 Å². The van der Waals surface area contributed by atoms with E-state index in [1.807, 2.05) is 13.8 Å². The molecule has 0 radical (unpaired) electrons. The van der Waals surface area contributed by atoms with Gasteiger partial charge in [-0.3, -0.25) is 0 Å². The molecule has 0 unspecified atom stereocenters. The summed E-state index contributed by atoms with van der Waals surface area (Å²) in [7, 11) is 0. The Balaban J connectivity index is 2.46. The number of carboxylic acid groups (broad SMARTS) is 1. The second-order valence-electron chi connectivity index (χ2n) is 6.40. The summed E-state index contributed by atoms with van der Waals surface area (Å²) in [5.74, 6) is -1.61. The highest BCUT2D eigenvalue weighted by atomic mass is 19.4. The number of ether oxygens (including phenoxy) is 1. The highest BCUT2D eigenvalue weighted by Gasteiger charge is 2.41. The molecule has 0 heterocycles. The fourth-order valence-electron chi connectivity index (χ4n) is 3.14. The molecule has 1 fully saturated rings. The number of benzene rings is 1. The third kappa shape index (κ3) is 3.79. The Kier molecular flexibility index (Phi) is 4.92. The number of hydrogen-bond donors (Lipinski definition) is 1. The van der Waals surface area contributed by atoms with Gasteiger partial charge in [-0.15, -0.1) is 0 Å². The Morgan fingerprint density at radius 2 is 1.83 bits per heavy atom. The van der Waals surface area contributed by atoms with Crippen molar-refractivity contribution < 1.29 is 27.8 Å². The van der Waals surface area contributed by atoms with Crippen LogP contribution in [0.1, 0.15) is 61.9 Å². The van der Waals surface area contributed by atoms with Crippen LogP contribution in [0.25, 0.3) is 0 Å². The average Bonchev–Trinajstić information content (AvgIpc) is 2.46. The molecule has 1 aliphatic carbocycles. The van der Waals surface area contributed by atoms with Gasteiger partial charge in [0.25, 0.3) is 0 Å². The second-order valence-corrected chi connectivity index (χ2v) is 6.40. The first-order valence-electron chi connectivity index (χ1n) is 7.79. The van der Waals surface area contributed by atoms with E-state index in [1.54, 1.807) is 0 Å². The van der Waals surface area contributed by atoms with Crippen molar-refractivity contribution in [2.24, 2.45) is 5.92 Å². The van der Waals surface area contributed by atoms with Crippen LogP contribution in [0.3, 0.4) is 0 Å². The van der Waals surface area contributed by atoms with Gasteiger partial charge in [-0.1, -0.05) is 20.3 Å². The summed E-state index contributed by atoms with van der Waals surface area (Å²) < 4.78 is 45.6. The first-order chi connectivity index (χ1) is 10.7.